The number of hydrogen-bond donors (Lipinski definition) is 2. The summed E-state index contributed by atoms with van der Waals surface area (Å²) in [7, 11) is 1.44. The second-order valence-electron chi connectivity index (χ2n) is 9.21. The van der Waals surface area contributed by atoms with Gasteiger partial charge < -0.3 is 24.8 Å². The van der Waals surface area contributed by atoms with Crippen LogP contribution < -0.4 is 5.32 Å². The molecule has 2 aromatic rings. The molecule has 8 heteroatoms. The van der Waals surface area contributed by atoms with Gasteiger partial charge in [-0.15, -0.1) is 0 Å². The van der Waals surface area contributed by atoms with E-state index in [-0.39, 0.29) is 31.6 Å². The molecule has 2 N–H and O–H groups in total. The van der Waals surface area contributed by atoms with Crippen LogP contribution in [0.3, 0.4) is 0 Å². The summed E-state index contributed by atoms with van der Waals surface area (Å²) in [5, 5.41) is 12.2. The molecule has 1 aliphatic heterocycles. The van der Waals surface area contributed by atoms with Crippen LogP contribution in [0.2, 0.25) is 0 Å². The van der Waals surface area contributed by atoms with Crippen LogP contribution in [0.1, 0.15) is 36.8 Å². The first-order valence-electron chi connectivity index (χ1n) is 11.5. The number of carboxylic acid groups (broad SMARTS) is 1. The lowest BCUT2D eigenvalue weighted by Crippen LogP contribution is -2.56. The number of piperidine rings is 1. The number of fused-ring (bicyclic) bond motifs is 3. The van der Waals surface area contributed by atoms with Gasteiger partial charge in [-0.1, -0.05) is 48.5 Å². The zero-order chi connectivity index (χ0) is 24.3. The van der Waals surface area contributed by atoms with E-state index in [4.69, 9.17) is 9.47 Å². The minimum absolute atomic E-state index is 0.0384. The predicted octanol–water partition coefficient (Wildman–Crippen LogP) is 3.25. The Balaban J connectivity index is 1.41. The average molecular weight is 467 g/mol. The van der Waals surface area contributed by atoms with Crippen molar-refractivity contribution in [3.8, 4) is 11.1 Å². The number of benzene rings is 2. The Bertz CT molecular complexity index is 1040. The molecular weight excluding hydrogens is 436 g/mol. The van der Waals surface area contributed by atoms with Crippen molar-refractivity contribution in [2.24, 2.45) is 5.41 Å². The summed E-state index contributed by atoms with van der Waals surface area (Å²) in [6, 6.07) is 15.1. The highest BCUT2D eigenvalue weighted by atomic mass is 16.5. The van der Waals surface area contributed by atoms with Gasteiger partial charge in [-0.3, -0.25) is 9.59 Å². The number of methoxy groups -OCH3 is 1. The SMILES string of the molecule is COCC(NC(=O)OCC1c2ccccc2-c2ccccc21)C(=O)N1CCCC(C)(C(=O)O)C1. The monoisotopic (exact) mass is 466 g/mol. The van der Waals surface area contributed by atoms with Crippen LogP contribution in [0, 0.1) is 5.41 Å². The van der Waals surface area contributed by atoms with Crippen molar-refractivity contribution < 1.29 is 29.0 Å². The van der Waals surface area contributed by atoms with Gasteiger partial charge in [0.15, 0.2) is 0 Å². The summed E-state index contributed by atoms with van der Waals surface area (Å²) in [4.78, 5) is 38.9. The molecule has 1 fully saturated rings. The highest BCUT2D eigenvalue weighted by Crippen LogP contribution is 2.44. The molecule has 0 bridgehead atoms. The molecule has 1 saturated heterocycles. The Morgan fingerprint density at radius 3 is 2.32 bits per heavy atom. The van der Waals surface area contributed by atoms with Crippen molar-refractivity contribution in [3.05, 3.63) is 59.7 Å². The Morgan fingerprint density at radius 2 is 1.74 bits per heavy atom. The van der Waals surface area contributed by atoms with Crippen molar-refractivity contribution in [3.63, 3.8) is 0 Å². The molecular formula is C26H30N2O6. The van der Waals surface area contributed by atoms with Crippen LogP contribution in [-0.2, 0) is 19.1 Å². The van der Waals surface area contributed by atoms with Gasteiger partial charge in [-0.25, -0.2) is 4.79 Å². The lowest BCUT2D eigenvalue weighted by molar-refractivity contribution is -0.154. The molecule has 34 heavy (non-hydrogen) atoms. The summed E-state index contributed by atoms with van der Waals surface area (Å²) in [6.45, 7) is 2.26. The first-order chi connectivity index (χ1) is 16.3. The van der Waals surface area contributed by atoms with Gasteiger partial charge in [0.05, 0.1) is 12.0 Å². The highest BCUT2D eigenvalue weighted by molar-refractivity contribution is 5.87. The first-order valence-corrected chi connectivity index (χ1v) is 11.5. The molecule has 0 aromatic heterocycles. The van der Waals surface area contributed by atoms with Crippen molar-refractivity contribution >= 4 is 18.0 Å². The smallest absolute Gasteiger partial charge is 0.407 e. The number of amides is 2. The predicted molar refractivity (Wildman–Crippen MR) is 125 cm³/mol. The number of carbonyl (C=O) groups is 3. The molecule has 0 saturated carbocycles. The molecule has 2 amide bonds. The van der Waals surface area contributed by atoms with Crippen LogP contribution in [0.5, 0.6) is 0 Å². The van der Waals surface area contributed by atoms with E-state index in [0.29, 0.717) is 19.4 Å². The lowest BCUT2D eigenvalue weighted by Gasteiger charge is -2.38. The quantitative estimate of drug-likeness (QED) is 0.649. The molecule has 2 unspecified atom stereocenters. The fourth-order valence-electron chi connectivity index (χ4n) is 4.95. The fraction of sp³-hybridized carbons (Fsp3) is 0.423. The Hall–Kier alpha value is -3.39. The van der Waals surface area contributed by atoms with Gasteiger partial charge in [0.2, 0.25) is 5.91 Å². The van der Waals surface area contributed by atoms with Crippen LogP contribution in [0.15, 0.2) is 48.5 Å². The average Bonchev–Trinajstić information content (AvgIpc) is 3.16. The van der Waals surface area contributed by atoms with Gasteiger partial charge in [0.1, 0.15) is 12.6 Å². The molecule has 2 aromatic carbocycles. The third-order valence-electron chi connectivity index (χ3n) is 6.79. The van der Waals surface area contributed by atoms with Crippen molar-refractivity contribution in [1.29, 1.82) is 0 Å². The summed E-state index contributed by atoms with van der Waals surface area (Å²) in [6.07, 6.45) is 0.371. The van der Waals surface area contributed by atoms with E-state index in [0.717, 1.165) is 22.3 Å². The van der Waals surface area contributed by atoms with E-state index in [2.05, 4.69) is 17.4 Å². The van der Waals surface area contributed by atoms with Gasteiger partial charge in [-0.2, -0.15) is 0 Å². The molecule has 1 aliphatic carbocycles. The summed E-state index contributed by atoms with van der Waals surface area (Å²) in [5.74, 6) is -1.39. The van der Waals surface area contributed by atoms with Crippen molar-refractivity contribution in [2.75, 3.05) is 33.4 Å². The summed E-state index contributed by atoms with van der Waals surface area (Å²) in [5.41, 5.74) is 3.46. The van der Waals surface area contributed by atoms with Crippen LogP contribution in [-0.4, -0.2) is 67.4 Å². The molecule has 2 atom stereocenters. The Morgan fingerprint density at radius 1 is 1.12 bits per heavy atom. The third kappa shape index (κ3) is 4.63. The zero-order valence-corrected chi connectivity index (χ0v) is 19.5. The fourth-order valence-corrected chi connectivity index (χ4v) is 4.95. The van der Waals surface area contributed by atoms with E-state index < -0.39 is 23.5 Å². The van der Waals surface area contributed by atoms with Crippen LogP contribution >= 0.6 is 0 Å². The number of ether oxygens (including phenoxy) is 2. The van der Waals surface area contributed by atoms with Crippen molar-refractivity contribution in [2.45, 2.75) is 31.7 Å². The second kappa shape index (κ2) is 9.85. The number of rotatable bonds is 7. The first kappa shape index (κ1) is 23.8. The molecule has 1 heterocycles. The molecule has 2 aliphatic rings. The second-order valence-corrected chi connectivity index (χ2v) is 9.21. The summed E-state index contributed by atoms with van der Waals surface area (Å²) < 4.78 is 10.7. The van der Waals surface area contributed by atoms with Gasteiger partial charge in [-0.05, 0) is 42.0 Å². The van der Waals surface area contributed by atoms with Crippen molar-refractivity contribution in [1.82, 2.24) is 10.2 Å². The Kier molecular flexibility index (Phi) is 6.88. The third-order valence-corrected chi connectivity index (χ3v) is 6.79. The van der Waals surface area contributed by atoms with Crippen LogP contribution in [0.4, 0.5) is 4.79 Å². The van der Waals surface area contributed by atoms with E-state index in [1.807, 2.05) is 36.4 Å². The maximum absolute atomic E-state index is 13.1. The number of carboxylic acids is 1. The number of alkyl carbamates (subject to hydrolysis) is 1. The maximum atomic E-state index is 13.1. The van der Waals surface area contributed by atoms with Gasteiger partial charge in [0.25, 0.3) is 0 Å². The van der Waals surface area contributed by atoms with E-state index in [1.165, 1.54) is 12.0 Å². The van der Waals surface area contributed by atoms with Crippen LogP contribution in [0.25, 0.3) is 11.1 Å². The number of carbonyl (C=O) groups excluding carboxylic acids is 2. The number of aliphatic carboxylic acids is 1. The molecule has 4 rings (SSSR count). The number of hydrogen-bond acceptors (Lipinski definition) is 5. The highest BCUT2D eigenvalue weighted by Gasteiger charge is 2.41. The number of likely N-dealkylation sites (tertiary alicyclic amines) is 1. The molecule has 180 valence electrons. The minimum Gasteiger partial charge on any atom is -0.481 e. The molecule has 8 nitrogen and oxygen atoms in total. The largest absolute Gasteiger partial charge is 0.481 e. The van der Waals surface area contributed by atoms with E-state index >= 15 is 0 Å². The summed E-state index contributed by atoms with van der Waals surface area (Å²) >= 11 is 0. The van der Waals surface area contributed by atoms with Gasteiger partial charge >= 0.3 is 12.1 Å². The molecule has 0 radical (unpaired) electrons. The normalized spacial score (nSPS) is 20.2. The van der Waals surface area contributed by atoms with E-state index in [9.17, 15) is 19.5 Å². The maximum Gasteiger partial charge on any atom is 0.407 e. The minimum atomic E-state index is -1.00. The van der Waals surface area contributed by atoms with E-state index in [1.54, 1.807) is 6.92 Å². The topological polar surface area (TPSA) is 105 Å². The Labute approximate surface area is 198 Å². The standard InChI is InChI=1S/C26H30N2O6/c1-26(24(30)31)12-7-13-28(16-26)23(29)22(15-33-2)27-25(32)34-14-21-19-10-5-3-8-17(19)18-9-4-6-11-20(18)21/h3-6,8-11,21-22H,7,12-16H2,1-2H3,(H,27,32)(H,30,31). The van der Waals surface area contributed by atoms with Gasteiger partial charge in [0, 0.05) is 26.1 Å². The molecule has 0 spiro atoms. The number of nitrogens with one attached hydrogen (secondary N) is 1. The lowest BCUT2D eigenvalue weighted by atomic mass is 9.82. The zero-order valence-electron chi connectivity index (χ0n) is 19.5. The number of nitrogens with zero attached hydrogens (tertiary/aromatic N) is 1.